The zero-order chi connectivity index (χ0) is 13.5. The van der Waals surface area contributed by atoms with Crippen LogP contribution in [0.15, 0.2) is 18.3 Å². The number of aromatic carboxylic acids is 1. The van der Waals surface area contributed by atoms with Gasteiger partial charge in [0.1, 0.15) is 5.82 Å². The van der Waals surface area contributed by atoms with Crippen LogP contribution in [0.4, 0.5) is 5.82 Å². The van der Waals surface area contributed by atoms with Gasteiger partial charge in [-0.05, 0) is 31.9 Å². The summed E-state index contributed by atoms with van der Waals surface area (Å²) >= 11 is 0. The first kappa shape index (κ1) is 14.5. The molecule has 4 heteroatoms. The molecule has 0 spiro atoms. The quantitative estimate of drug-likeness (QED) is 0.807. The number of aromatic nitrogens is 1. The van der Waals surface area contributed by atoms with E-state index in [2.05, 4.69) is 30.7 Å². The summed E-state index contributed by atoms with van der Waals surface area (Å²) in [4.78, 5) is 17.3. The molecule has 0 aliphatic heterocycles. The van der Waals surface area contributed by atoms with E-state index in [-0.39, 0.29) is 5.56 Å². The van der Waals surface area contributed by atoms with Crippen molar-refractivity contribution in [1.29, 1.82) is 0 Å². The van der Waals surface area contributed by atoms with Crippen molar-refractivity contribution in [3.05, 3.63) is 23.9 Å². The van der Waals surface area contributed by atoms with E-state index < -0.39 is 5.97 Å². The molecule has 0 amide bonds. The Balaban J connectivity index is 2.87. The lowest BCUT2D eigenvalue weighted by atomic mass is 10.2. The number of carbonyl (C=O) groups is 1. The minimum absolute atomic E-state index is 0.235. The third kappa shape index (κ3) is 3.72. The molecule has 100 valence electrons. The van der Waals surface area contributed by atoms with Crippen molar-refractivity contribution in [3.63, 3.8) is 0 Å². The molecular formula is C14H22N2O2. The minimum Gasteiger partial charge on any atom is -0.478 e. The molecule has 1 aromatic rings. The minimum atomic E-state index is -0.933. The zero-order valence-electron chi connectivity index (χ0n) is 11.4. The molecule has 1 unspecified atom stereocenters. The Kier molecular flexibility index (Phi) is 5.62. The molecule has 0 aromatic carbocycles. The van der Waals surface area contributed by atoms with Gasteiger partial charge < -0.3 is 10.0 Å². The fourth-order valence-electron chi connectivity index (χ4n) is 1.79. The second-order valence-corrected chi connectivity index (χ2v) is 4.51. The molecule has 18 heavy (non-hydrogen) atoms. The zero-order valence-corrected chi connectivity index (χ0v) is 11.4. The number of carboxylic acid groups (broad SMARTS) is 1. The third-order valence-corrected chi connectivity index (χ3v) is 3.16. The summed E-state index contributed by atoms with van der Waals surface area (Å²) in [6.07, 6.45) is 4.73. The number of carboxylic acids is 1. The second-order valence-electron chi connectivity index (χ2n) is 4.51. The Labute approximate surface area is 109 Å². The molecule has 1 atom stereocenters. The Morgan fingerprint density at radius 3 is 2.61 bits per heavy atom. The van der Waals surface area contributed by atoms with E-state index in [1.54, 1.807) is 12.1 Å². The lowest BCUT2D eigenvalue weighted by molar-refractivity contribution is 0.0696. The van der Waals surface area contributed by atoms with E-state index in [1.807, 2.05) is 0 Å². The molecule has 0 aliphatic rings. The number of hydrogen-bond acceptors (Lipinski definition) is 3. The van der Waals surface area contributed by atoms with Gasteiger partial charge in [0.25, 0.3) is 0 Å². The summed E-state index contributed by atoms with van der Waals surface area (Å²) in [6, 6.07) is 3.83. The predicted molar refractivity (Wildman–Crippen MR) is 73.2 cm³/mol. The van der Waals surface area contributed by atoms with Crippen LogP contribution < -0.4 is 4.90 Å². The lowest BCUT2D eigenvalue weighted by Gasteiger charge is -2.29. The normalized spacial score (nSPS) is 12.2. The second kappa shape index (κ2) is 6.99. The number of anilines is 1. The van der Waals surface area contributed by atoms with E-state index >= 15 is 0 Å². The average molecular weight is 250 g/mol. The number of rotatable bonds is 7. The van der Waals surface area contributed by atoms with Crippen molar-refractivity contribution in [2.24, 2.45) is 0 Å². The molecule has 4 nitrogen and oxygen atoms in total. The number of pyridine rings is 1. The van der Waals surface area contributed by atoms with Crippen LogP contribution in [0.5, 0.6) is 0 Å². The topological polar surface area (TPSA) is 53.4 Å². The summed E-state index contributed by atoms with van der Waals surface area (Å²) in [5, 5.41) is 8.86. The van der Waals surface area contributed by atoms with Crippen molar-refractivity contribution in [2.45, 2.75) is 46.1 Å². The maximum atomic E-state index is 10.8. The first-order valence-corrected chi connectivity index (χ1v) is 6.56. The van der Waals surface area contributed by atoms with Gasteiger partial charge in [-0.15, -0.1) is 0 Å². The van der Waals surface area contributed by atoms with Crippen LogP contribution in [0.2, 0.25) is 0 Å². The van der Waals surface area contributed by atoms with Gasteiger partial charge in [-0.3, -0.25) is 0 Å². The van der Waals surface area contributed by atoms with E-state index in [9.17, 15) is 4.79 Å². The highest BCUT2D eigenvalue weighted by molar-refractivity contribution is 5.87. The van der Waals surface area contributed by atoms with Crippen LogP contribution in [0, 0.1) is 0 Å². The van der Waals surface area contributed by atoms with Crippen molar-refractivity contribution < 1.29 is 9.90 Å². The monoisotopic (exact) mass is 250 g/mol. The molecule has 1 aromatic heterocycles. The molecule has 1 rings (SSSR count). The van der Waals surface area contributed by atoms with Gasteiger partial charge in [0.2, 0.25) is 0 Å². The molecule has 0 aliphatic carbocycles. The maximum absolute atomic E-state index is 10.8. The summed E-state index contributed by atoms with van der Waals surface area (Å²) in [7, 11) is 0. The van der Waals surface area contributed by atoms with E-state index in [0.717, 1.165) is 31.6 Å². The number of hydrogen-bond donors (Lipinski definition) is 1. The van der Waals surface area contributed by atoms with Crippen LogP contribution in [-0.2, 0) is 0 Å². The van der Waals surface area contributed by atoms with Crippen LogP contribution in [-0.4, -0.2) is 28.6 Å². The van der Waals surface area contributed by atoms with Gasteiger partial charge in [0, 0.05) is 18.8 Å². The first-order chi connectivity index (χ1) is 8.60. The molecule has 0 radical (unpaired) electrons. The van der Waals surface area contributed by atoms with Gasteiger partial charge in [-0.1, -0.05) is 20.3 Å². The standard InChI is InChI=1S/C14H22N2O2/c1-4-6-9-16(11(3)5-2)13-8-7-12(10-15-13)14(17)18/h7-8,10-11H,4-6,9H2,1-3H3,(H,17,18). The summed E-state index contributed by atoms with van der Waals surface area (Å²) < 4.78 is 0. The van der Waals surface area contributed by atoms with Crippen LogP contribution >= 0.6 is 0 Å². The van der Waals surface area contributed by atoms with E-state index in [4.69, 9.17) is 5.11 Å². The van der Waals surface area contributed by atoms with Gasteiger partial charge in [0.15, 0.2) is 0 Å². The maximum Gasteiger partial charge on any atom is 0.337 e. The van der Waals surface area contributed by atoms with Crippen molar-refractivity contribution in [1.82, 2.24) is 4.98 Å². The van der Waals surface area contributed by atoms with Gasteiger partial charge in [-0.2, -0.15) is 0 Å². The van der Waals surface area contributed by atoms with E-state index in [0.29, 0.717) is 6.04 Å². The van der Waals surface area contributed by atoms with Crippen molar-refractivity contribution in [2.75, 3.05) is 11.4 Å². The highest BCUT2D eigenvalue weighted by Gasteiger charge is 2.14. The van der Waals surface area contributed by atoms with Gasteiger partial charge in [0.05, 0.1) is 5.56 Å². The Morgan fingerprint density at radius 2 is 2.17 bits per heavy atom. The lowest BCUT2D eigenvalue weighted by Crippen LogP contribution is -2.34. The highest BCUT2D eigenvalue weighted by atomic mass is 16.4. The number of unbranched alkanes of at least 4 members (excludes halogenated alkanes) is 1. The Morgan fingerprint density at radius 1 is 1.44 bits per heavy atom. The summed E-state index contributed by atoms with van der Waals surface area (Å²) in [5.41, 5.74) is 0.235. The Bertz CT molecular complexity index is 376. The molecule has 1 heterocycles. The third-order valence-electron chi connectivity index (χ3n) is 3.16. The van der Waals surface area contributed by atoms with Crippen LogP contribution in [0.3, 0.4) is 0 Å². The fourth-order valence-corrected chi connectivity index (χ4v) is 1.79. The average Bonchev–Trinajstić information content (AvgIpc) is 2.39. The summed E-state index contributed by atoms with van der Waals surface area (Å²) in [5.74, 6) is -0.0690. The van der Waals surface area contributed by atoms with E-state index in [1.165, 1.54) is 6.20 Å². The molecule has 0 saturated heterocycles. The first-order valence-electron chi connectivity index (χ1n) is 6.56. The smallest absolute Gasteiger partial charge is 0.337 e. The largest absolute Gasteiger partial charge is 0.478 e. The summed E-state index contributed by atoms with van der Waals surface area (Å²) in [6.45, 7) is 7.44. The van der Waals surface area contributed by atoms with Crippen molar-refractivity contribution >= 4 is 11.8 Å². The van der Waals surface area contributed by atoms with Crippen molar-refractivity contribution in [3.8, 4) is 0 Å². The SMILES string of the molecule is CCCCN(c1ccc(C(=O)O)cn1)C(C)CC. The van der Waals surface area contributed by atoms with Gasteiger partial charge >= 0.3 is 5.97 Å². The van der Waals surface area contributed by atoms with Crippen LogP contribution in [0.1, 0.15) is 50.4 Å². The molecule has 0 fully saturated rings. The number of nitrogens with zero attached hydrogens (tertiary/aromatic N) is 2. The predicted octanol–water partition coefficient (Wildman–Crippen LogP) is 3.18. The molecule has 0 bridgehead atoms. The van der Waals surface area contributed by atoms with Gasteiger partial charge in [-0.25, -0.2) is 9.78 Å². The highest BCUT2D eigenvalue weighted by Crippen LogP contribution is 2.17. The Hall–Kier alpha value is -1.58. The van der Waals surface area contributed by atoms with Crippen LogP contribution in [0.25, 0.3) is 0 Å². The molecular weight excluding hydrogens is 228 g/mol. The molecule has 0 saturated carbocycles. The molecule has 1 N–H and O–H groups in total. The fraction of sp³-hybridized carbons (Fsp3) is 0.571.